The van der Waals surface area contributed by atoms with E-state index in [1.54, 1.807) is 30.8 Å². The van der Waals surface area contributed by atoms with Crippen LogP contribution in [0.15, 0.2) is 32.9 Å². The van der Waals surface area contributed by atoms with Crippen molar-refractivity contribution < 1.29 is 18.3 Å². The molecule has 0 radical (unpaired) electrons. The molecule has 1 aromatic carbocycles. The molecule has 1 heterocycles. The zero-order valence-electron chi connectivity index (χ0n) is 13.6. The molecule has 1 N–H and O–H groups in total. The average molecular weight is 406 g/mol. The minimum atomic E-state index is -2.95. The summed E-state index contributed by atoms with van der Waals surface area (Å²) in [7, 11) is 0. The molecule has 0 bridgehead atoms. The second-order valence-electron chi connectivity index (χ2n) is 4.81. The zero-order chi connectivity index (χ0) is 18.2. The lowest BCUT2D eigenvalue weighted by Gasteiger charge is -2.14. The van der Waals surface area contributed by atoms with E-state index in [1.807, 2.05) is 0 Å². The van der Waals surface area contributed by atoms with Crippen LogP contribution in [0.25, 0.3) is 0 Å². The highest BCUT2D eigenvalue weighted by Gasteiger charge is 2.19. The van der Waals surface area contributed by atoms with Gasteiger partial charge in [-0.05, 0) is 25.5 Å². The van der Waals surface area contributed by atoms with Gasteiger partial charge in [0.2, 0.25) is 5.91 Å². The molecule has 0 aliphatic heterocycles. The van der Waals surface area contributed by atoms with Gasteiger partial charge in [-0.15, -0.1) is 10.2 Å². The lowest BCUT2D eigenvalue weighted by molar-refractivity contribution is -0.115. The Kier molecular flexibility index (Phi) is 7.91. The molecule has 0 aliphatic rings. The molecule has 2 rings (SSSR count). The van der Waals surface area contributed by atoms with E-state index in [2.05, 4.69) is 27.2 Å². The van der Waals surface area contributed by atoms with Crippen LogP contribution in [0.5, 0.6) is 5.75 Å². The molecule has 0 spiro atoms. The highest BCUT2D eigenvalue weighted by Crippen LogP contribution is 2.32. The van der Waals surface area contributed by atoms with Gasteiger partial charge in [-0.3, -0.25) is 4.79 Å². The first-order valence-electron chi connectivity index (χ1n) is 7.47. The molecule has 136 valence electrons. The normalized spacial score (nSPS) is 12.2. The molecular weight excluding hydrogens is 388 g/mol. The number of anilines is 1. The maximum atomic E-state index is 12.4. The fourth-order valence-corrected chi connectivity index (χ4v) is 4.79. The van der Waals surface area contributed by atoms with Gasteiger partial charge < -0.3 is 10.1 Å². The second-order valence-corrected chi connectivity index (χ2v) is 8.71. The highest BCUT2D eigenvalue weighted by atomic mass is 32.2. The van der Waals surface area contributed by atoms with Gasteiger partial charge >= 0.3 is 6.61 Å². The Hall–Kier alpha value is -1.39. The Morgan fingerprint density at radius 1 is 1.32 bits per heavy atom. The number of aromatic nitrogens is 2. The Balaban J connectivity index is 1.95. The second kappa shape index (κ2) is 9.93. The first-order chi connectivity index (χ1) is 12.0. The third-order valence-corrected chi connectivity index (χ3v) is 6.27. The summed E-state index contributed by atoms with van der Waals surface area (Å²) >= 11 is 4.34. The topological polar surface area (TPSA) is 64.1 Å². The number of benzene rings is 1. The number of carbonyl (C=O) groups excluding carboxylic acids is 1. The van der Waals surface area contributed by atoms with E-state index >= 15 is 0 Å². The molecule has 25 heavy (non-hydrogen) atoms. The van der Waals surface area contributed by atoms with Crippen molar-refractivity contribution in [1.29, 1.82) is 0 Å². The molecule has 0 saturated carbocycles. The Morgan fingerprint density at radius 3 is 2.76 bits per heavy atom. The smallest absolute Gasteiger partial charge is 0.387 e. The number of ether oxygens (including phenoxy) is 1. The number of para-hydroxylation sites is 2. The fraction of sp³-hybridized carbons (Fsp3) is 0.400. The number of carbonyl (C=O) groups is 1. The van der Waals surface area contributed by atoms with Gasteiger partial charge in [-0.2, -0.15) is 8.78 Å². The summed E-state index contributed by atoms with van der Waals surface area (Å²) in [6.45, 7) is 0.855. The molecule has 2 aromatic rings. The summed E-state index contributed by atoms with van der Waals surface area (Å²) in [6.07, 6.45) is 1.05. The van der Waals surface area contributed by atoms with Gasteiger partial charge in [0, 0.05) is 5.75 Å². The van der Waals surface area contributed by atoms with Crippen molar-refractivity contribution in [2.24, 2.45) is 0 Å². The molecule has 0 aliphatic carbocycles. The van der Waals surface area contributed by atoms with Crippen LogP contribution in [0.2, 0.25) is 0 Å². The number of thioether (sulfide) groups is 2. The van der Waals surface area contributed by atoms with Crippen LogP contribution in [-0.4, -0.2) is 33.7 Å². The summed E-state index contributed by atoms with van der Waals surface area (Å²) < 4.78 is 30.8. The number of nitrogens with zero attached hydrogens (tertiary/aromatic N) is 2. The largest absolute Gasteiger partial charge is 0.433 e. The van der Waals surface area contributed by atoms with Gasteiger partial charge in [0.15, 0.2) is 8.68 Å². The first-order valence-corrected chi connectivity index (χ1v) is 10.2. The Labute approximate surface area is 156 Å². The predicted molar refractivity (Wildman–Crippen MR) is 97.9 cm³/mol. The summed E-state index contributed by atoms with van der Waals surface area (Å²) in [5, 5.41) is 10.3. The van der Waals surface area contributed by atoms with Crippen molar-refractivity contribution in [3.63, 3.8) is 0 Å². The van der Waals surface area contributed by atoms with Crippen molar-refractivity contribution in [2.75, 3.05) is 11.1 Å². The van der Waals surface area contributed by atoms with Crippen molar-refractivity contribution in [3.05, 3.63) is 24.3 Å². The Bertz CT molecular complexity index is 700. The van der Waals surface area contributed by atoms with E-state index < -0.39 is 11.9 Å². The molecule has 1 aromatic heterocycles. The van der Waals surface area contributed by atoms with Crippen LogP contribution in [0.1, 0.15) is 20.3 Å². The molecule has 1 atom stereocenters. The van der Waals surface area contributed by atoms with Crippen LogP contribution in [0.3, 0.4) is 0 Å². The monoisotopic (exact) mass is 405 g/mol. The third-order valence-electron chi connectivity index (χ3n) is 2.83. The number of alkyl halides is 2. The van der Waals surface area contributed by atoms with Crippen LogP contribution >= 0.6 is 34.9 Å². The van der Waals surface area contributed by atoms with E-state index in [9.17, 15) is 13.6 Å². The summed E-state index contributed by atoms with van der Waals surface area (Å²) in [6, 6.07) is 6.08. The van der Waals surface area contributed by atoms with Crippen molar-refractivity contribution >= 4 is 46.5 Å². The summed E-state index contributed by atoms with van der Waals surface area (Å²) in [5.41, 5.74) is 0.205. The third kappa shape index (κ3) is 6.44. The first kappa shape index (κ1) is 19.9. The van der Waals surface area contributed by atoms with Crippen LogP contribution in [0.4, 0.5) is 14.5 Å². The van der Waals surface area contributed by atoms with Gasteiger partial charge in [0.25, 0.3) is 0 Å². The zero-order valence-corrected chi connectivity index (χ0v) is 16.0. The minimum absolute atomic E-state index is 0.0720. The van der Waals surface area contributed by atoms with Gasteiger partial charge in [0.1, 0.15) is 5.75 Å². The lowest BCUT2D eigenvalue weighted by Crippen LogP contribution is -2.23. The minimum Gasteiger partial charge on any atom is -0.433 e. The quantitative estimate of drug-likeness (QED) is 0.607. The van der Waals surface area contributed by atoms with Crippen molar-refractivity contribution in [2.45, 2.75) is 40.8 Å². The fourth-order valence-electron chi connectivity index (χ4n) is 1.70. The van der Waals surface area contributed by atoms with Gasteiger partial charge in [-0.25, -0.2) is 0 Å². The van der Waals surface area contributed by atoms with E-state index in [-0.39, 0.29) is 17.3 Å². The van der Waals surface area contributed by atoms with Crippen molar-refractivity contribution in [3.8, 4) is 5.75 Å². The standard InChI is InChI=1S/C15H17F2N3O2S3/c1-3-8-23-14-19-20-15(25-14)24-9(2)12(21)18-10-6-4-5-7-11(10)22-13(16)17/h4-7,9,13H,3,8H2,1-2H3,(H,18,21)/t9-/m0/s1. The predicted octanol–water partition coefficient (Wildman–Crippen LogP) is 4.76. The van der Waals surface area contributed by atoms with E-state index in [1.165, 1.54) is 35.2 Å². The molecule has 0 fully saturated rings. The van der Waals surface area contributed by atoms with E-state index in [0.29, 0.717) is 4.34 Å². The maximum Gasteiger partial charge on any atom is 0.387 e. The molecule has 1 amide bonds. The van der Waals surface area contributed by atoms with E-state index in [0.717, 1.165) is 16.5 Å². The lowest BCUT2D eigenvalue weighted by atomic mass is 10.3. The number of amides is 1. The summed E-state index contributed by atoms with van der Waals surface area (Å²) in [5.74, 6) is 0.571. The van der Waals surface area contributed by atoms with Gasteiger partial charge in [0.05, 0.1) is 10.9 Å². The molecule has 0 unspecified atom stereocenters. The molecular formula is C15H17F2N3O2S3. The number of nitrogens with one attached hydrogen (secondary N) is 1. The molecule has 10 heteroatoms. The highest BCUT2D eigenvalue weighted by molar-refractivity contribution is 8.03. The number of halogens is 2. The SMILES string of the molecule is CCCSc1nnc(S[C@@H](C)C(=O)Nc2ccccc2OC(F)F)s1. The van der Waals surface area contributed by atoms with Crippen LogP contribution in [0, 0.1) is 0 Å². The molecule has 5 nitrogen and oxygen atoms in total. The number of hydrogen-bond acceptors (Lipinski definition) is 7. The Morgan fingerprint density at radius 2 is 2.04 bits per heavy atom. The average Bonchev–Trinajstić information content (AvgIpc) is 3.01. The van der Waals surface area contributed by atoms with Crippen molar-refractivity contribution in [1.82, 2.24) is 10.2 Å². The van der Waals surface area contributed by atoms with Gasteiger partial charge in [-0.1, -0.05) is 53.9 Å². The molecule has 0 saturated heterocycles. The van der Waals surface area contributed by atoms with E-state index in [4.69, 9.17) is 0 Å². The van der Waals surface area contributed by atoms with Crippen LogP contribution < -0.4 is 10.1 Å². The van der Waals surface area contributed by atoms with Crippen LogP contribution in [-0.2, 0) is 4.79 Å². The summed E-state index contributed by atoms with van der Waals surface area (Å²) in [4.78, 5) is 12.3. The number of hydrogen-bond donors (Lipinski definition) is 1. The number of rotatable bonds is 9. The maximum absolute atomic E-state index is 12.4.